The second kappa shape index (κ2) is 7.29. The number of amides is 1. The first-order valence-corrected chi connectivity index (χ1v) is 6.53. The van der Waals surface area contributed by atoms with E-state index < -0.39 is 4.92 Å². The lowest BCUT2D eigenvalue weighted by Crippen LogP contribution is -2.12. The summed E-state index contributed by atoms with van der Waals surface area (Å²) in [4.78, 5) is 22.0. The Hall–Kier alpha value is -2.35. The molecule has 0 saturated heterocycles. The van der Waals surface area contributed by atoms with Crippen LogP contribution in [0.3, 0.4) is 0 Å². The molecule has 1 N–H and O–H groups in total. The van der Waals surface area contributed by atoms with Crippen LogP contribution >= 0.6 is 0 Å². The van der Waals surface area contributed by atoms with E-state index in [1.165, 1.54) is 12.1 Å². The molecule has 5 nitrogen and oxygen atoms in total. The highest BCUT2D eigenvalue weighted by Gasteiger charge is 2.11. The largest absolute Gasteiger partial charge is 0.325 e. The summed E-state index contributed by atoms with van der Waals surface area (Å²) in [7, 11) is 0. The molecule has 0 heterocycles. The van der Waals surface area contributed by atoms with Crippen LogP contribution in [-0.4, -0.2) is 10.8 Å². The summed E-state index contributed by atoms with van der Waals surface area (Å²) in [6.07, 6.45) is 1.09. The van der Waals surface area contributed by atoms with Gasteiger partial charge in [0, 0.05) is 30.0 Å². The Morgan fingerprint density at radius 1 is 1.45 bits per heavy atom. The van der Waals surface area contributed by atoms with Gasteiger partial charge in [-0.2, -0.15) is 0 Å². The number of nitrogens with zero attached hydrogens (tertiary/aromatic N) is 1. The lowest BCUT2D eigenvalue weighted by molar-refractivity contribution is -0.384. The molecule has 1 aromatic rings. The number of hydrogen-bond donors (Lipinski definition) is 1. The van der Waals surface area contributed by atoms with Crippen molar-refractivity contribution in [3.8, 4) is 11.8 Å². The summed E-state index contributed by atoms with van der Waals surface area (Å²) < 4.78 is 0. The molecule has 1 amide bonds. The van der Waals surface area contributed by atoms with Crippen molar-refractivity contribution in [3.05, 3.63) is 33.9 Å². The van der Waals surface area contributed by atoms with E-state index in [0.29, 0.717) is 24.1 Å². The minimum Gasteiger partial charge on any atom is -0.325 e. The first kappa shape index (κ1) is 15.7. The van der Waals surface area contributed by atoms with Gasteiger partial charge in [0.1, 0.15) is 0 Å². The first-order valence-electron chi connectivity index (χ1n) is 6.53. The fourth-order valence-corrected chi connectivity index (χ4v) is 1.52. The van der Waals surface area contributed by atoms with Crippen molar-refractivity contribution in [1.82, 2.24) is 0 Å². The molecule has 0 atom stereocenters. The third-order valence-electron chi connectivity index (χ3n) is 2.46. The summed E-state index contributed by atoms with van der Waals surface area (Å²) in [6, 6.07) is 4.30. The van der Waals surface area contributed by atoms with Gasteiger partial charge in [-0.25, -0.2) is 0 Å². The normalized spacial score (nSPS) is 9.80. The van der Waals surface area contributed by atoms with Gasteiger partial charge in [0.05, 0.1) is 10.6 Å². The average molecular weight is 274 g/mol. The molecular weight excluding hydrogens is 256 g/mol. The molecule has 20 heavy (non-hydrogen) atoms. The van der Waals surface area contributed by atoms with Gasteiger partial charge in [-0.15, -0.1) is 0 Å². The van der Waals surface area contributed by atoms with Crippen LogP contribution in [0.25, 0.3) is 0 Å². The Morgan fingerprint density at radius 2 is 2.15 bits per heavy atom. The smallest absolute Gasteiger partial charge is 0.271 e. The number of rotatable bonds is 4. The Balaban J connectivity index is 3.13. The topological polar surface area (TPSA) is 72.2 Å². The van der Waals surface area contributed by atoms with Gasteiger partial charge in [-0.3, -0.25) is 14.9 Å². The van der Waals surface area contributed by atoms with E-state index in [-0.39, 0.29) is 17.5 Å². The van der Waals surface area contributed by atoms with Crippen LogP contribution in [0.5, 0.6) is 0 Å². The molecule has 0 bridgehead atoms. The number of nitro benzene ring substituents is 1. The molecule has 0 spiro atoms. The van der Waals surface area contributed by atoms with Gasteiger partial charge in [-0.1, -0.05) is 32.6 Å². The van der Waals surface area contributed by atoms with Gasteiger partial charge < -0.3 is 5.32 Å². The standard InChI is InChI=1S/C15H18N2O3/c1-4-5-15(18)16-14-10-13(17(19)20)9-8-12(14)7-6-11(2)3/h8-11H,4-5H2,1-3H3,(H,16,18). The molecule has 0 fully saturated rings. The summed E-state index contributed by atoms with van der Waals surface area (Å²) in [6.45, 7) is 5.80. The molecule has 0 aliphatic carbocycles. The fraction of sp³-hybridized carbons (Fsp3) is 0.400. The molecule has 5 heteroatoms. The molecular formula is C15H18N2O3. The second-order valence-electron chi connectivity index (χ2n) is 4.71. The highest BCUT2D eigenvalue weighted by atomic mass is 16.6. The van der Waals surface area contributed by atoms with E-state index >= 15 is 0 Å². The number of benzene rings is 1. The minimum absolute atomic E-state index is 0.0631. The summed E-state index contributed by atoms with van der Waals surface area (Å²) >= 11 is 0. The van der Waals surface area contributed by atoms with Gasteiger partial charge in [0.2, 0.25) is 5.91 Å². The third kappa shape index (κ3) is 4.73. The Morgan fingerprint density at radius 3 is 2.70 bits per heavy atom. The molecule has 0 saturated carbocycles. The van der Waals surface area contributed by atoms with Gasteiger partial charge in [-0.05, 0) is 12.5 Å². The molecule has 1 rings (SSSR count). The monoisotopic (exact) mass is 274 g/mol. The zero-order valence-electron chi connectivity index (χ0n) is 11.9. The van der Waals surface area contributed by atoms with E-state index in [0.717, 1.165) is 0 Å². The molecule has 0 aliphatic rings. The lowest BCUT2D eigenvalue weighted by atomic mass is 10.1. The Bertz CT molecular complexity index is 568. The molecule has 1 aromatic carbocycles. The number of nitro groups is 1. The number of nitrogens with one attached hydrogen (secondary N) is 1. The quantitative estimate of drug-likeness (QED) is 0.520. The maximum absolute atomic E-state index is 11.7. The van der Waals surface area contributed by atoms with Crippen molar-refractivity contribution in [2.24, 2.45) is 5.92 Å². The van der Waals surface area contributed by atoms with Gasteiger partial charge in [0.15, 0.2) is 0 Å². The lowest BCUT2D eigenvalue weighted by Gasteiger charge is -2.07. The van der Waals surface area contributed by atoms with Crippen molar-refractivity contribution in [1.29, 1.82) is 0 Å². The number of carbonyl (C=O) groups is 1. The van der Waals surface area contributed by atoms with Crippen molar-refractivity contribution in [2.45, 2.75) is 33.6 Å². The van der Waals surface area contributed by atoms with Crippen molar-refractivity contribution in [2.75, 3.05) is 5.32 Å². The number of carbonyl (C=O) groups excluding carboxylic acids is 1. The fourth-order valence-electron chi connectivity index (χ4n) is 1.52. The first-order chi connectivity index (χ1) is 9.43. The highest BCUT2D eigenvalue weighted by molar-refractivity contribution is 5.92. The average Bonchev–Trinajstić information content (AvgIpc) is 2.37. The van der Waals surface area contributed by atoms with E-state index in [2.05, 4.69) is 17.2 Å². The number of hydrogen-bond acceptors (Lipinski definition) is 3. The van der Waals surface area contributed by atoms with Crippen molar-refractivity contribution >= 4 is 17.3 Å². The van der Waals surface area contributed by atoms with Crippen LogP contribution in [-0.2, 0) is 4.79 Å². The predicted molar refractivity (Wildman–Crippen MR) is 78.4 cm³/mol. The Labute approximate surface area is 118 Å². The van der Waals surface area contributed by atoms with Crippen LogP contribution in [0.4, 0.5) is 11.4 Å². The zero-order valence-corrected chi connectivity index (χ0v) is 11.9. The SMILES string of the molecule is CCCC(=O)Nc1cc([N+](=O)[O-])ccc1C#CC(C)C. The Kier molecular flexibility index (Phi) is 5.73. The van der Waals surface area contributed by atoms with Crippen LogP contribution in [0.15, 0.2) is 18.2 Å². The van der Waals surface area contributed by atoms with Crippen molar-refractivity contribution in [3.63, 3.8) is 0 Å². The number of anilines is 1. The van der Waals surface area contributed by atoms with Gasteiger partial charge >= 0.3 is 0 Å². The summed E-state index contributed by atoms with van der Waals surface area (Å²) in [5, 5.41) is 13.5. The molecule has 0 radical (unpaired) electrons. The van der Waals surface area contributed by atoms with Crippen LogP contribution in [0, 0.1) is 27.9 Å². The maximum Gasteiger partial charge on any atom is 0.271 e. The maximum atomic E-state index is 11.7. The molecule has 0 aromatic heterocycles. The van der Waals surface area contributed by atoms with Crippen LogP contribution in [0.2, 0.25) is 0 Å². The summed E-state index contributed by atoms with van der Waals surface area (Å²) in [5.74, 6) is 5.94. The van der Waals surface area contributed by atoms with Crippen LogP contribution < -0.4 is 5.32 Å². The van der Waals surface area contributed by atoms with Gasteiger partial charge in [0.25, 0.3) is 5.69 Å². The van der Waals surface area contributed by atoms with E-state index in [9.17, 15) is 14.9 Å². The predicted octanol–water partition coefficient (Wildman–Crippen LogP) is 3.34. The van der Waals surface area contributed by atoms with Crippen LogP contribution in [0.1, 0.15) is 39.2 Å². The third-order valence-corrected chi connectivity index (χ3v) is 2.46. The summed E-state index contributed by atoms with van der Waals surface area (Å²) in [5.41, 5.74) is 0.923. The number of non-ortho nitro benzene ring substituents is 1. The second-order valence-corrected chi connectivity index (χ2v) is 4.71. The molecule has 0 unspecified atom stereocenters. The molecule has 106 valence electrons. The van der Waals surface area contributed by atoms with Crippen molar-refractivity contribution < 1.29 is 9.72 Å². The molecule has 0 aliphatic heterocycles. The van der Waals surface area contributed by atoms with E-state index in [4.69, 9.17) is 0 Å². The highest BCUT2D eigenvalue weighted by Crippen LogP contribution is 2.22. The van der Waals surface area contributed by atoms with E-state index in [1.807, 2.05) is 20.8 Å². The van der Waals surface area contributed by atoms with E-state index in [1.54, 1.807) is 6.07 Å². The zero-order chi connectivity index (χ0) is 15.1. The minimum atomic E-state index is -0.491.